The van der Waals surface area contributed by atoms with Crippen molar-refractivity contribution < 1.29 is 8.42 Å². The maximum Gasteiger partial charge on any atom is 0.332 e. The van der Waals surface area contributed by atoms with Crippen LogP contribution in [-0.2, 0) is 24.1 Å². The molecule has 0 aliphatic heterocycles. The van der Waals surface area contributed by atoms with Crippen molar-refractivity contribution in [2.45, 2.75) is 18.7 Å². The third-order valence-corrected chi connectivity index (χ3v) is 5.67. The summed E-state index contributed by atoms with van der Waals surface area (Å²) in [7, 11) is -1.18. The molecule has 162 valence electrons. The monoisotopic (exact) mass is 444 g/mol. The van der Waals surface area contributed by atoms with E-state index in [2.05, 4.69) is 24.9 Å². The van der Waals surface area contributed by atoms with Crippen LogP contribution in [0.2, 0.25) is 0 Å². The third kappa shape index (κ3) is 4.50. The molecule has 0 unspecified atom stereocenters. The Morgan fingerprint density at radius 2 is 1.65 bits per heavy atom. The molecular formula is C18H20N8O4S. The average molecular weight is 444 g/mol. The molecule has 0 spiro atoms. The van der Waals surface area contributed by atoms with E-state index in [1.54, 1.807) is 13.8 Å². The van der Waals surface area contributed by atoms with Crippen LogP contribution in [0, 0.1) is 13.8 Å². The van der Waals surface area contributed by atoms with Crippen molar-refractivity contribution in [2.75, 3.05) is 10.5 Å². The number of hydrogen-bond donors (Lipinski definition) is 2. The topological polar surface area (TPSA) is 167 Å². The number of aromatic nitrogens is 4. The van der Waals surface area contributed by atoms with Gasteiger partial charge >= 0.3 is 5.69 Å². The molecule has 0 aliphatic rings. The van der Waals surface area contributed by atoms with Gasteiger partial charge in [0.05, 0.1) is 10.6 Å². The van der Waals surface area contributed by atoms with Crippen molar-refractivity contribution >= 4 is 33.0 Å². The minimum Gasteiger partial charge on any atom is -0.383 e. The van der Waals surface area contributed by atoms with Gasteiger partial charge in [0.15, 0.2) is 5.69 Å². The summed E-state index contributed by atoms with van der Waals surface area (Å²) < 4.78 is 29.5. The normalized spacial score (nSPS) is 11.7. The number of aryl methyl sites for hydroxylation is 2. The van der Waals surface area contributed by atoms with E-state index in [1.165, 1.54) is 44.4 Å². The minimum absolute atomic E-state index is 0.0158. The number of anilines is 2. The van der Waals surface area contributed by atoms with E-state index in [0.29, 0.717) is 11.5 Å². The SMILES string of the molecule is Cc1cc(NS(=O)(=O)c2ccc(N=Nc3c(N)n(C)c(=O)n(C)c3=O)cc2)nc(C)n1. The molecule has 0 atom stereocenters. The maximum atomic E-state index is 12.6. The number of nitrogens with two attached hydrogens (primary N) is 1. The molecule has 3 rings (SSSR count). The summed E-state index contributed by atoms with van der Waals surface area (Å²) in [5.74, 6) is 0.475. The van der Waals surface area contributed by atoms with Crippen LogP contribution < -0.4 is 21.7 Å². The standard InChI is InChI=1S/C18H20N8O4S/c1-10-9-14(21-11(2)20-10)24-31(29,30)13-7-5-12(6-8-13)22-23-15-16(19)25(3)18(28)26(4)17(15)27/h5-9H,19H2,1-4H3,(H,20,21,24). The number of azo groups is 1. The lowest BCUT2D eigenvalue weighted by molar-refractivity contribution is 0.601. The van der Waals surface area contributed by atoms with E-state index in [0.717, 1.165) is 9.13 Å². The summed E-state index contributed by atoms with van der Waals surface area (Å²) in [6.45, 7) is 3.40. The summed E-state index contributed by atoms with van der Waals surface area (Å²) in [5.41, 5.74) is 5.23. The second kappa shape index (κ2) is 8.10. The Balaban J connectivity index is 1.87. The van der Waals surface area contributed by atoms with Crippen LogP contribution in [0.3, 0.4) is 0 Å². The molecule has 2 aromatic heterocycles. The second-order valence-electron chi connectivity index (χ2n) is 6.68. The Labute approximate surface area is 177 Å². The van der Waals surface area contributed by atoms with Gasteiger partial charge in [0.25, 0.3) is 15.6 Å². The van der Waals surface area contributed by atoms with E-state index >= 15 is 0 Å². The zero-order valence-corrected chi connectivity index (χ0v) is 18.0. The molecule has 0 saturated heterocycles. The predicted molar refractivity (Wildman–Crippen MR) is 114 cm³/mol. The Morgan fingerprint density at radius 3 is 2.26 bits per heavy atom. The molecule has 31 heavy (non-hydrogen) atoms. The third-order valence-electron chi connectivity index (χ3n) is 4.30. The van der Waals surface area contributed by atoms with E-state index in [9.17, 15) is 18.0 Å². The fourth-order valence-corrected chi connectivity index (χ4v) is 3.69. The van der Waals surface area contributed by atoms with E-state index in [-0.39, 0.29) is 27.9 Å². The largest absolute Gasteiger partial charge is 0.383 e. The van der Waals surface area contributed by atoms with Gasteiger partial charge in [0.2, 0.25) is 0 Å². The second-order valence-corrected chi connectivity index (χ2v) is 8.36. The van der Waals surface area contributed by atoms with Gasteiger partial charge in [-0.25, -0.2) is 23.2 Å². The maximum absolute atomic E-state index is 12.6. The van der Waals surface area contributed by atoms with Gasteiger partial charge in [0, 0.05) is 25.9 Å². The zero-order chi connectivity index (χ0) is 22.9. The number of nitrogen functional groups attached to an aromatic ring is 1. The lowest BCUT2D eigenvalue weighted by atomic mass is 10.3. The highest BCUT2D eigenvalue weighted by molar-refractivity contribution is 7.92. The van der Waals surface area contributed by atoms with Crippen molar-refractivity contribution in [3.05, 3.63) is 62.7 Å². The number of rotatable bonds is 5. The minimum atomic E-state index is -3.88. The molecule has 12 nitrogen and oxygen atoms in total. The van der Waals surface area contributed by atoms with Gasteiger partial charge in [0.1, 0.15) is 17.5 Å². The summed E-state index contributed by atoms with van der Waals surface area (Å²) in [6, 6.07) is 7.01. The summed E-state index contributed by atoms with van der Waals surface area (Å²) in [5, 5.41) is 7.76. The van der Waals surface area contributed by atoms with Crippen LogP contribution in [0.25, 0.3) is 0 Å². The van der Waals surface area contributed by atoms with Crippen molar-refractivity contribution in [2.24, 2.45) is 24.3 Å². The highest BCUT2D eigenvalue weighted by atomic mass is 32.2. The molecule has 0 aliphatic carbocycles. The number of benzene rings is 1. The Morgan fingerprint density at radius 1 is 1.00 bits per heavy atom. The average Bonchev–Trinajstić information content (AvgIpc) is 2.70. The first-order chi connectivity index (χ1) is 14.5. The quantitative estimate of drug-likeness (QED) is 0.559. The molecule has 13 heteroatoms. The van der Waals surface area contributed by atoms with Gasteiger partial charge < -0.3 is 5.73 Å². The molecule has 0 fully saturated rings. The summed E-state index contributed by atoms with van der Waals surface area (Å²) in [6.07, 6.45) is 0. The Hall–Kier alpha value is -3.87. The van der Waals surface area contributed by atoms with Gasteiger partial charge in [-0.05, 0) is 38.1 Å². The lowest BCUT2D eigenvalue weighted by Gasteiger charge is -2.09. The molecule has 3 aromatic rings. The molecule has 2 heterocycles. The van der Waals surface area contributed by atoms with Crippen molar-refractivity contribution in [3.63, 3.8) is 0 Å². The van der Waals surface area contributed by atoms with Crippen molar-refractivity contribution in [1.82, 2.24) is 19.1 Å². The highest BCUT2D eigenvalue weighted by Gasteiger charge is 2.16. The van der Waals surface area contributed by atoms with Crippen LogP contribution >= 0.6 is 0 Å². The van der Waals surface area contributed by atoms with Crippen molar-refractivity contribution in [3.8, 4) is 0 Å². The molecule has 0 saturated carbocycles. The first-order valence-electron chi connectivity index (χ1n) is 8.92. The van der Waals surface area contributed by atoms with Crippen LogP contribution in [0.4, 0.5) is 23.0 Å². The van der Waals surface area contributed by atoms with E-state index < -0.39 is 21.3 Å². The zero-order valence-electron chi connectivity index (χ0n) is 17.2. The Bertz CT molecular complexity index is 1390. The molecule has 0 bridgehead atoms. The summed E-state index contributed by atoms with van der Waals surface area (Å²) in [4.78, 5) is 32.2. The predicted octanol–water partition coefficient (Wildman–Crippen LogP) is 1.29. The smallest absolute Gasteiger partial charge is 0.332 e. The molecule has 3 N–H and O–H groups in total. The first kappa shape index (κ1) is 21.8. The van der Waals surface area contributed by atoms with Gasteiger partial charge in [-0.1, -0.05) is 0 Å². The molecule has 0 amide bonds. The van der Waals surface area contributed by atoms with Gasteiger partial charge in [-0.15, -0.1) is 5.11 Å². The number of hydrogen-bond acceptors (Lipinski definition) is 9. The van der Waals surface area contributed by atoms with E-state index in [4.69, 9.17) is 5.73 Å². The van der Waals surface area contributed by atoms with Crippen LogP contribution in [-0.4, -0.2) is 27.5 Å². The van der Waals surface area contributed by atoms with Gasteiger partial charge in [-0.2, -0.15) is 5.11 Å². The number of nitrogens with zero attached hydrogens (tertiary/aromatic N) is 6. The fourth-order valence-electron chi connectivity index (χ4n) is 2.70. The number of sulfonamides is 1. The molecular weight excluding hydrogens is 424 g/mol. The van der Waals surface area contributed by atoms with Crippen molar-refractivity contribution in [1.29, 1.82) is 0 Å². The molecule has 1 aromatic carbocycles. The van der Waals surface area contributed by atoms with Crippen LogP contribution in [0.15, 0.2) is 55.0 Å². The molecule has 0 radical (unpaired) electrons. The summed E-state index contributed by atoms with van der Waals surface area (Å²) >= 11 is 0. The lowest BCUT2D eigenvalue weighted by Crippen LogP contribution is -2.37. The highest BCUT2D eigenvalue weighted by Crippen LogP contribution is 2.22. The van der Waals surface area contributed by atoms with Crippen LogP contribution in [0.1, 0.15) is 11.5 Å². The fraction of sp³-hybridized carbons (Fsp3) is 0.222. The van der Waals surface area contributed by atoms with Gasteiger partial charge in [-0.3, -0.25) is 18.7 Å². The first-order valence-corrected chi connectivity index (χ1v) is 10.4. The van der Waals surface area contributed by atoms with Crippen LogP contribution in [0.5, 0.6) is 0 Å². The number of nitrogens with one attached hydrogen (secondary N) is 1. The Kier molecular flexibility index (Phi) is 5.71. The van der Waals surface area contributed by atoms with E-state index in [1.807, 2.05) is 0 Å².